The second-order valence-electron chi connectivity index (χ2n) is 3.24. The molecule has 6 nitrogen and oxygen atoms in total. The molecule has 1 aromatic heterocycles. The summed E-state index contributed by atoms with van der Waals surface area (Å²) < 4.78 is 0.721. The Bertz CT molecular complexity index is 407. The molecule has 1 heterocycles. The van der Waals surface area contributed by atoms with E-state index in [1.807, 2.05) is 0 Å². The molecule has 1 unspecified atom stereocenters. The minimum absolute atomic E-state index is 0.0440. The Kier molecular flexibility index (Phi) is 5.05. The zero-order valence-corrected chi connectivity index (χ0v) is 10.3. The lowest BCUT2D eigenvalue weighted by Crippen LogP contribution is -2.41. The van der Waals surface area contributed by atoms with Crippen LogP contribution >= 0.6 is 15.9 Å². The van der Waals surface area contributed by atoms with Crippen LogP contribution in [0.2, 0.25) is 0 Å². The molecular weight excluding hydrogens is 292 g/mol. The number of aliphatic hydroxyl groups is 1. The lowest BCUT2D eigenvalue weighted by Gasteiger charge is -2.12. The van der Waals surface area contributed by atoms with Gasteiger partial charge in [-0.25, -0.2) is 9.78 Å². The van der Waals surface area contributed by atoms with E-state index in [1.165, 1.54) is 12.3 Å². The molecule has 7 heteroatoms. The van der Waals surface area contributed by atoms with Crippen molar-refractivity contribution in [1.82, 2.24) is 10.3 Å². The van der Waals surface area contributed by atoms with Gasteiger partial charge in [0.05, 0.1) is 0 Å². The van der Waals surface area contributed by atoms with E-state index in [0.717, 1.165) is 4.47 Å². The SMILES string of the molecule is O=C(NC(CCO)C(=O)O)c1ccc(Br)cn1. The summed E-state index contributed by atoms with van der Waals surface area (Å²) >= 11 is 3.17. The first-order valence-electron chi connectivity index (χ1n) is 4.80. The number of carbonyl (C=O) groups is 2. The zero-order valence-electron chi connectivity index (χ0n) is 8.76. The summed E-state index contributed by atoms with van der Waals surface area (Å²) in [5.41, 5.74) is 0.123. The first-order chi connectivity index (χ1) is 8.04. The lowest BCUT2D eigenvalue weighted by atomic mass is 10.2. The standard InChI is InChI=1S/C10H11BrN2O4/c11-6-1-2-7(12-5-6)9(15)13-8(3-4-14)10(16)17/h1-2,5,8,14H,3-4H2,(H,13,15)(H,16,17). The zero-order chi connectivity index (χ0) is 12.8. The van der Waals surface area contributed by atoms with Crippen LogP contribution in [0.5, 0.6) is 0 Å². The number of aromatic nitrogens is 1. The van der Waals surface area contributed by atoms with Gasteiger partial charge in [-0.15, -0.1) is 0 Å². The summed E-state index contributed by atoms with van der Waals surface area (Å²) in [5, 5.41) is 19.7. The van der Waals surface area contributed by atoms with Crippen LogP contribution in [0.1, 0.15) is 16.9 Å². The van der Waals surface area contributed by atoms with Gasteiger partial charge in [0.1, 0.15) is 11.7 Å². The molecule has 0 aromatic carbocycles. The van der Waals surface area contributed by atoms with Crippen LogP contribution in [0.4, 0.5) is 0 Å². The number of nitrogens with one attached hydrogen (secondary N) is 1. The van der Waals surface area contributed by atoms with Crippen LogP contribution < -0.4 is 5.32 Å². The second-order valence-corrected chi connectivity index (χ2v) is 4.15. The molecule has 0 spiro atoms. The maximum Gasteiger partial charge on any atom is 0.326 e. The highest BCUT2D eigenvalue weighted by Crippen LogP contribution is 2.07. The summed E-state index contributed by atoms with van der Waals surface area (Å²) in [6, 6.07) is 1.99. The summed E-state index contributed by atoms with van der Waals surface area (Å²) in [4.78, 5) is 26.2. The quantitative estimate of drug-likeness (QED) is 0.731. The first-order valence-corrected chi connectivity index (χ1v) is 5.60. The van der Waals surface area contributed by atoms with E-state index in [2.05, 4.69) is 26.2 Å². The van der Waals surface area contributed by atoms with Gasteiger partial charge in [0.2, 0.25) is 0 Å². The van der Waals surface area contributed by atoms with E-state index in [0.29, 0.717) is 0 Å². The van der Waals surface area contributed by atoms with Gasteiger partial charge in [-0.1, -0.05) is 0 Å². The molecule has 1 rings (SSSR count). The van der Waals surface area contributed by atoms with Crippen LogP contribution in [0, 0.1) is 0 Å². The van der Waals surface area contributed by atoms with Gasteiger partial charge in [0, 0.05) is 23.7 Å². The molecule has 0 saturated heterocycles. The third-order valence-electron chi connectivity index (χ3n) is 1.98. The van der Waals surface area contributed by atoms with Gasteiger partial charge in [0.15, 0.2) is 0 Å². The topological polar surface area (TPSA) is 99.5 Å². The summed E-state index contributed by atoms with van der Waals surface area (Å²) in [6.07, 6.45) is 1.40. The summed E-state index contributed by atoms with van der Waals surface area (Å²) in [7, 11) is 0. The van der Waals surface area contributed by atoms with Crippen LogP contribution in [-0.2, 0) is 4.79 Å². The van der Waals surface area contributed by atoms with Crippen molar-refractivity contribution in [2.75, 3.05) is 6.61 Å². The molecule has 0 aliphatic carbocycles. The van der Waals surface area contributed by atoms with E-state index < -0.39 is 17.9 Å². The molecule has 0 aliphatic heterocycles. The highest BCUT2D eigenvalue weighted by molar-refractivity contribution is 9.10. The minimum Gasteiger partial charge on any atom is -0.480 e. The van der Waals surface area contributed by atoms with Gasteiger partial charge in [-0.3, -0.25) is 4.79 Å². The van der Waals surface area contributed by atoms with Crippen molar-refractivity contribution in [2.24, 2.45) is 0 Å². The third-order valence-corrected chi connectivity index (χ3v) is 2.45. The number of amides is 1. The van der Waals surface area contributed by atoms with Gasteiger partial charge in [-0.05, 0) is 28.1 Å². The van der Waals surface area contributed by atoms with Crippen molar-refractivity contribution in [2.45, 2.75) is 12.5 Å². The minimum atomic E-state index is -1.19. The molecular formula is C10H11BrN2O4. The van der Waals surface area contributed by atoms with Crippen molar-refractivity contribution in [3.63, 3.8) is 0 Å². The van der Waals surface area contributed by atoms with Crippen molar-refractivity contribution in [1.29, 1.82) is 0 Å². The van der Waals surface area contributed by atoms with Crippen molar-refractivity contribution < 1.29 is 19.8 Å². The number of nitrogens with zero attached hydrogens (tertiary/aromatic N) is 1. The maximum absolute atomic E-state index is 11.6. The van der Waals surface area contributed by atoms with Gasteiger partial charge in [0.25, 0.3) is 5.91 Å². The highest BCUT2D eigenvalue weighted by Gasteiger charge is 2.20. The molecule has 0 aliphatic rings. The lowest BCUT2D eigenvalue weighted by molar-refractivity contribution is -0.139. The molecule has 0 saturated carbocycles. The summed E-state index contributed by atoms with van der Waals surface area (Å²) in [6.45, 7) is -0.314. The molecule has 1 atom stereocenters. The maximum atomic E-state index is 11.6. The second kappa shape index (κ2) is 6.31. The number of carbonyl (C=O) groups excluding carboxylic acids is 1. The van der Waals surface area contributed by atoms with E-state index in [1.54, 1.807) is 6.07 Å². The summed E-state index contributed by atoms with van der Waals surface area (Å²) in [5.74, 6) is -1.78. The average Bonchev–Trinajstić information content (AvgIpc) is 2.29. The molecule has 0 radical (unpaired) electrons. The van der Waals surface area contributed by atoms with Gasteiger partial charge < -0.3 is 15.5 Å². The van der Waals surface area contributed by atoms with Crippen molar-refractivity contribution in [3.05, 3.63) is 28.5 Å². The number of pyridine rings is 1. The Hall–Kier alpha value is -1.47. The van der Waals surface area contributed by atoms with Crippen molar-refractivity contribution in [3.8, 4) is 0 Å². The Balaban J connectivity index is 2.70. The van der Waals surface area contributed by atoms with E-state index >= 15 is 0 Å². The van der Waals surface area contributed by atoms with Crippen LogP contribution in [-0.4, -0.2) is 39.7 Å². The van der Waals surface area contributed by atoms with E-state index in [4.69, 9.17) is 10.2 Å². The molecule has 0 fully saturated rings. The number of halogens is 1. The number of carboxylic acids is 1. The monoisotopic (exact) mass is 302 g/mol. The number of hydrogen-bond acceptors (Lipinski definition) is 4. The molecule has 92 valence electrons. The Morgan fingerprint density at radius 1 is 1.47 bits per heavy atom. The largest absolute Gasteiger partial charge is 0.480 e. The van der Waals surface area contributed by atoms with E-state index in [9.17, 15) is 9.59 Å². The normalized spacial score (nSPS) is 11.9. The molecule has 17 heavy (non-hydrogen) atoms. The predicted octanol–water partition coefficient (Wildman–Crippen LogP) is 0.409. The first kappa shape index (κ1) is 13.6. The molecule has 1 amide bonds. The van der Waals surface area contributed by atoms with Crippen LogP contribution in [0.3, 0.4) is 0 Å². The Morgan fingerprint density at radius 3 is 2.65 bits per heavy atom. The van der Waals surface area contributed by atoms with Gasteiger partial charge >= 0.3 is 5.97 Å². The fourth-order valence-corrected chi connectivity index (χ4v) is 1.36. The smallest absolute Gasteiger partial charge is 0.326 e. The fourth-order valence-electron chi connectivity index (χ4n) is 1.13. The fraction of sp³-hybridized carbons (Fsp3) is 0.300. The number of aliphatic hydroxyl groups excluding tert-OH is 1. The van der Waals surface area contributed by atoms with E-state index in [-0.39, 0.29) is 18.7 Å². The average molecular weight is 303 g/mol. The molecule has 1 aromatic rings. The molecule has 0 bridgehead atoms. The Labute approximate surface area is 106 Å². The van der Waals surface area contributed by atoms with Crippen LogP contribution in [0.15, 0.2) is 22.8 Å². The Morgan fingerprint density at radius 2 is 2.18 bits per heavy atom. The van der Waals surface area contributed by atoms with Crippen molar-refractivity contribution >= 4 is 27.8 Å². The number of carboxylic acid groups (broad SMARTS) is 1. The number of hydrogen-bond donors (Lipinski definition) is 3. The predicted molar refractivity (Wildman–Crippen MR) is 62.5 cm³/mol. The van der Waals surface area contributed by atoms with Gasteiger partial charge in [-0.2, -0.15) is 0 Å². The number of aliphatic carboxylic acids is 1. The molecule has 3 N–H and O–H groups in total. The highest BCUT2D eigenvalue weighted by atomic mass is 79.9. The van der Waals surface area contributed by atoms with Crippen LogP contribution in [0.25, 0.3) is 0 Å². The third kappa shape index (κ3) is 4.12. The number of rotatable bonds is 5.